The van der Waals surface area contributed by atoms with Crippen LogP contribution in [0.4, 0.5) is 0 Å². The molecule has 9 nitrogen and oxygen atoms in total. The van der Waals surface area contributed by atoms with Gasteiger partial charge in [-0.1, -0.05) is 85.7 Å². The molecule has 1 aliphatic carbocycles. The van der Waals surface area contributed by atoms with Gasteiger partial charge in [0.2, 0.25) is 5.91 Å². The molecule has 5 rings (SSSR count). The van der Waals surface area contributed by atoms with Crippen molar-refractivity contribution in [3.05, 3.63) is 47.5 Å². The number of fused-ring (bicyclic) bond motifs is 3. The number of benzene rings is 1. The SMILES string of the molecule is CC(C)[Si]1(C(C)C)OC2C(O[Si](C(C)C)(C(C)C)O1)C1(CC(=O)N1OCc1ccccc1)C(C#N)=CC21COC(C)(C)O1. The van der Waals surface area contributed by atoms with E-state index in [1.807, 2.05) is 50.3 Å². The monoisotopic (exact) mass is 628 g/mol. The van der Waals surface area contributed by atoms with Crippen molar-refractivity contribution in [2.24, 2.45) is 0 Å². The molecule has 0 radical (unpaired) electrons. The maximum absolute atomic E-state index is 13.4. The average Bonchev–Trinajstić information content (AvgIpc) is 3.12. The topological polar surface area (TPSA) is 99.5 Å². The molecular weight excluding hydrogens is 581 g/mol. The first-order chi connectivity index (χ1) is 20.1. The molecule has 1 aromatic carbocycles. The molecule has 4 aliphatic rings. The summed E-state index contributed by atoms with van der Waals surface area (Å²) in [5.74, 6) is -1.12. The van der Waals surface area contributed by atoms with Gasteiger partial charge in [-0.2, -0.15) is 5.26 Å². The first kappa shape index (κ1) is 32.5. The summed E-state index contributed by atoms with van der Waals surface area (Å²) >= 11 is 0. The zero-order valence-electron chi connectivity index (χ0n) is 27.3. The average molecular weight is 629 g/mol. The van der Waals surface area contributed by atoms with Crippen LogP contribution in [0, 0.1) is 11.3 Å². The van der Waals surface area contributed by atoms with Crippen LogP contribution >= 0.6 is 0 Å². The quantitative estimate of drug-likeness (QED) is 0.253. The van der Waals surface area contributed by atoms with Crippen LogP contribution < -0.4 is 0 Å². The highest BCUT2D eigenvalue weighted by Crippen LogP contribution is 2.58. The molecule has 3 aliphatic heterocycles. The van der Waals surface area contributed by atoms with Gasteiger partial charge in [-0.25, -0.2) is 5.06 Å². The Labute approximate surface area is 258 Å². The van der Waals surface area contributed by atoms with Gasteiger partial charge < -0.3 is 22.4 Å². The molecule has 4 atom stereocenters. The second-order valence-electron chi connectivity index (χ2n) is 14.2. The largest absolute Gasteiger partial charge is 0.414 e. The van der Waals surface area contributed by atoms with Crippen LogP contribution in [0.2, 0.25) is 22.2 Å². The number of nitriles is 1. The molecule has 4 unspecified atom stereocenters. The van der Waals surface area contributed by atoms with Crippen LogP contribution in [0.25, 0.3) is 0 Å². The van der Waals surface area contributed by atoms with Gasteiger partial charge in [0.25, 0.3) is 0 Å². The second-order valence-corrected chi connectivity index (χ2v) is 23.0. The predicted molar refractivity (Wildman–Crippen MR) is 166 cm³/mol. The van der Waals surface area contributed by atoms with Crippen LogP contribution in [-0.4, -0.2) is 63.8 Å². The third-order valence-corrected chi connectivity index (χ3v) is 19.9. The van der Waals surface area contributed by atoms with Crippen molar-refractivity contribution < 1.29 is 32.1 Å². The number of carbonyl (C=O) groups is 1. The van der Waals surface area contributed by atoms with E-state index in [9.17, 15) is 10.1 Å². The molecule has 0 aromatic heterocycles. The molecule has 3 fully saturated rings. The van der Waals surface area contributed by atoms with Crippen molar-refractivity contribution in [2.75, 3.05) is 6.61 Å². The van der Waals surface area contributed by atoms with E-state index < -0.39 is 46.3 Å². The van der Waals surface area contributed by atoms with Gasteiger partial charge in [-0.3, -0.25) is 9.63 Å². The summed E-state index contributed by atoms with van der Waals surface area (Å²) in [6.45, 7) is 21.4. The number of carbonyl (C=O) groups excluding carboxylic acids is 1. The highest BCUT2D eigenvalue weighted by atomic mass is 28.5. The minimum atomic E-state index is -3.10. The molecule has 236 valence electrons. The lowest BCUT2D eigenvalue weighted by Gasteiger charge is -2.60. The summed E-state index contributed by atoms with van der Waals surface area (Å²) in [4.78, 5) is 19.7. The lowest BCUT2D eigenvalue weighted by atomic mass is 9.65. The van der Waals surface area contributed by atoms with Crippen molar-refractivity contribution in [3.8, 4) is 6.07 Å². The summed E-state index contributed by atoms with van der Waals surface area (Å²) in [5, 5.41) is 12.1. The highest BCUT2D eigenvalue weighted by molar-refractivity contribution is 6.84. The Morgan fingerprint density at radius 2 is 1.51 bits per heavy atom. The number of rotatable bonds is 7. The van der Waals surface area contributed by atoms with Gasteiger partial charge in [0.05, 0.1) is 24.7 Å². The Balaban J connectivity index is 1.74. The van der Waals surface area contributed by atoms with E-state index in [4.69, 9.17) is 27.3 Å². The number of amides is 1. The van der Waals surface area contributed by atoms with Crippen LogP contribution in [-0.2, 0) is 38.7 Å². The predicted octanol–water partition coefficient (Wildman–Crippen LogP) is 6.40. The van der Waals surface area contributed by atoms with Gasteiger partial charge in [-0.15, -0.1) is 0 Å². The number of β-lactam (4-membered cyclic amide) rings is 1. The van der Waals surface area contributed by atoms with E-state index in [1.165, 1.54) is 5.06 Å². The Morgan fingerprint density at radius 1 is 0.953 bits per heavy atom. The Morgan fingerprint density at radius 3 is 1.98 bits per heavy atom. The zero-order chi connectivity index (χ0) is 31.6. The molecule has 43 heavy (non-hydrogen) atoms. The first-order valence-electron chi connectivity index (χ1n) is 15.6. The molecule has 0 bridgehead atoms. The molecule has 11 heteroatoms. The molecule has 1 amide bonds. The Hall–Kier alpha value is -1.89. The molecular formula is C32H48N2O7Si2. The summed E-state index contributed by atoms with van der Waals surface area (Å²) < 4.78 is 35.3. The van der Waals surface area contributed by atoms with Gasteiger partial charge in [0.1, 0.15) is 30.0 Å². The normalized spacial score (nSPS) is 32.7. The molecule has 1 aromatic rings. The van der Waals surface area contributed by atoms with E-state index in [1.54, 1.807) is 0 Å². The van der Waals surface area contributed by atoms with Crippen LogP contribution in [0.3, 0.4) is 0 Å². The third kappa shape index (κ3) is 4.99. The third-order valence-electron chi connectivity index (χ3n) is 9.66. The van der Waals surface area contributed by atoms with Gasteiger partial charge >= 0.3 is 17.1 Å². The van der Waals surface area contributed by atoms with E-state index in [2.05, 4.69) is 61.5 Å². The number of hydrogen-bond donors (Lipinski definition) is 0. The van der Waals surface area contributed by atoms with E-state index in [0.29, 0.717) is 5.57 Å². The maximum Gasteiger partial charge on any atom is 0.335 e. The first-order valence-corrected chi connectivity index (χ1v) is 19.6. The molecule has 3 heterocycles. The fourth-order valence-corrected chi connectivity index (χ4v) is 18.8. The maximum atomic E-state index is 13.4. The van der Waals surface area contributed by atoms with Crippen molar-refractivity contribution in [1.82, 2.24) is 5.06 Å². The smallest absolute Gasteiger partial charge is 0.335 e. The van der Waals surface area contributed by atoms with Gasteiger partial charge in [0.15, 0.2) is 5.79 Å². The summed E-state index contributed by atoms with van der Waals surface area (Å²) in [6.07, 6.45) is 0.411. The van der Waals surface area contributed by atoms with Crippen LogP contribution in [0.15, 0.2) is 42.0 Å². The number of hydroxylamine groups is 2. The van der Waals surface area contributed by atoms with Gasteiger partial charge in [-0.05, 0) is 47.7 Å². The highest BCUT2D eigenvalue weighted by Gasteiger charge is 2.75. The number of nitrogens with zero attached hydrogens (tertiary/aromatic N) is 2. The van der Waals surface area contributed by atoms with Crippen molar-refractivity contribution in [1.29, 1.82) is 5.26 Å². The second kappa shape index (κ2) is 11.2. The summed E-state index contributed by atoms with van der Waals surface area (Å²) in [7, 11) is -6.15. The zero-order valence-corrected chi connectivity index (χ0v) is 29.3. The van der Waals surface area contributed by atoms with Crippen molar-refractivity contribution in [2.45, 2.75) is 134 Å². The summed E-state index contributed by atoms with van der Waals surface area (Å²) in [5.41, 5.74) is -0.710. The van der Waals surface area contributed by atoms with E-state index in [0.717, 1.165) is 5.56 Å². The Bertz CT molecular complexity index is 1280. The minimum Gasteiger partial charge on any atom is -0.414 e. The molecule has 0 N–H and O–H groups in total. The molecule has 2 spiro atoms. The standard InChI is InChI=1S/C32H48N2O7Si2/c1-21(2)42(22(3)4)38-28-29(39-43(41-42,23(5)6)24(7)8)32(26(18-33)16-31(28)20-36-30(9,10)40-31)17-27(35)34(32)37-19-25-14-12-11-13-15-25/h11-16,21-24,28-29H,17,19-20H2,1-10H3. The fraction of sp³-hybridized carbons (Fsp3) is 0.688. The Kier molecular flexibility index (Phi) is 8.45. The van der Waals surface area contributed by atoms with Crippen molar-refractivity contribution in [3.63, 3.8) is 0 Å². The van der Waals surface area contributed by atoms with E-state index >= 15 is 0 Å². The lowest BCUT2D eigenvalue weighted by molar-refractivity contribution is -0.285. The fourth-order valence-electron chi connectivity index (χ4n) is 7.45. The van der Waals surface area contributed by atoms with Crippen LogP contribution in [0.5, 0.6) is 0 Å². The number of hydrogen-bond acceptors (Lipinski definition) is 8. The lowest BCUT2D eigenvalue weighted by Crippen LogP contribution is -2.78. The van der Waals surface area contributed by atoms with Crippen LogP contribution in [0.1, 0.15) is 81.2 Å². The van der Waals surface area contributed by atoms with Gasteiger partial charge in [0, 0.05) is 0 Å². The number of ether oxygens (including phenoxy) is 2. The molecule has 3 saturated heterocycles. The molecule has 0 saturated carbocycles. The summed E-state index contributed by atoms with van der Waals surface area (Å²) in [6, 6.07) is 12.1. The van der Waals surface area contributed by atoms with Crippen molar-refractivity contribution >= 4 is 23.0 Å². The van der Waals surface area contributed by atoms with E-state index in [-0.39, 0.29) is 47.7 Å². The minimum absolute atomic E-state index is 0.0601.